The lowest BCUT2D eigenvalue weighted by atomic mass is 10.2. The molecule has 0 bridgehead atoms. The van der Waals surface area contributed by atoms with E-state index in [9.17, 15) is 4.79 Å². The molecule has 0 atom stereocenters. The topological polar surface area (TPSA) is 46.9 Å². The molecule has 1 aromatic heterocycles. The summed E-state index contributed by atoms with van der Waals surface area (Å²) < 4.78 is 2.75. The first kappa shape index (κ1) is 12.6. The van der Waals surface area contributed by atoms with Gasteiger partial charge >= 0.3 is 0 Å². The first-order chi connectivity index (χ1) is 8.08. The van der Waals surface area contributed by atoms with Crippen LogP contribution in [0.2, 0.25) is 0 Å². The Bertz CT molecular complexity index is 422. The molecule has 1 amide bonds. The third-order valence-corrected chi connectivity index (χ3v) is 4.45. The molecule has 1 saturated carbocycles. The van der Waals surface area contributed by atoms with E-state index in [0.717, 1.165) is 28.7 Å². The summed E-state index contributed by atoms with van der Waals surface area (Å²) in [5, 5.41) is 7.40. The maximum absolute atomic E-state index is 11.9. The fraction of sp³-hybridized carbons (Fsp3) is 0.667. The van der Waals surface area contributed by atoms with E-state index in [1.165, 1.54) is 12.8 Å². The zero-order chi connectivity index (χ0) is 12.4. The maximum atomic E-state index is 11.9. The molecule has 4 nitrogen and oxygen atoms in total. The van der Waals surface area contributed by atoms with Gasteiger partial charge in [0.1, 0.15) is 6.54 Å². The highest BCUT2D eigenvalue weighted by molar-refractivity contribution is 9.10. The molecule has 1 aliphatic carbocycles. The average Bonchev–Trinajstić information content (AvgIpc) is 2.85. The molecule has 0 saturated heterocycles. The van der Waals surface area contributed by atoms with Gasteiger partial charge in [0.15, 0.2) is 0 Å². The molecule has 17 heavy (non-hydrogen) atoms. The number of carbonyl (C=O) groups is 1. The predicted molar refractivity (Wildman–Crippen MR) is 69.8 cm³/mol. The van der Waals surface area contributed by atoms with Crippen LogP contribution < -0.4 is 5.32 Å². The minimum atomic E-state index is 0.0648. The number of carbonyl (C=O) groups excluding carboxylic acids is 1. The fourth-order valence-electron chi connectivity index (χ4n) is 2.31. The highest BCUT2D eigenvalue weighted by atomic mass is 79.9. The smallest absolute Gasteiger partial charge is 0.241 e. The van der Waals surface area contributed by atoms with Crippen molar-refractivity contribution in [3.8, 4) is 0 Å². The Morgan fingerprint density at radius 3 is 2.65 bits per heavy atom. The average molecular weight is 300 g/mol. The van der Waals surface area contributed by atoms with E-state index in [0.29, 0.717) is 12.6 Å². The minimum Gasteiger partial charge on any atom is -0.352 e. The number of nitrogens with zero attached hydrogens (tertiary/aromatic N) is 2. The minimum absolute atomic E-state index is 0.0648. The third kappa shape index (κ3) is 2.89. The van der Waals surface area contributed by atoms with Crippen molar-refractivity contribution in [2.24, 2.45) is 0 Å². The first-order valence-corrected chi connectivity index (χ1v) is 6.86. The van der Waals surface area contributed by atoms with E-state index in [-0.39, 0.29) is 5.91 Å². The number of hydrogen-bond donors (Lipinski definition) is 1. The van der Waals surface area contributed by atoms with Crippen LogP contribution in [-0.4, -0.2) is 21.7 Å². The van der Waals surface area contributed by atoms with Gasteiger partial charge in [-0.25, -0.2) is 0 Å². The summed E-state index contributed by atoms with van der Waals surface area (Å²) in [4.78, 5) is 11.9. The van der Waals surface area contributed by atoms with Gasteiger partial charge in [0.25, 0.3) is 0 Å². The van der Waals surface area contributed by atoms with E-state index in [2.05, 4.69) is 26.3 Å². The van der Waals surface area contributed by atoms with Gasteiger partial charge < -0.3 is 5.32 Å². The van der Waals surface area contributed by atoms with Crippen molar-refractivity contribution in [2.75, 3.05) is 0 Å². The van der Waals surface area contributed by atoms with E-state index in [1.54, 1.807) is 4.68 Å². The molecule has 2 rings (SSSR count). The Morgan fingerprint density at radius 1 is 1.47 bits per heavy atom. The highest BCUT2D eigenvalue weighted by Gasteiger charge is 2.18. The Kier molecular flexibility index (Phi) is 3.86. The second kappa shape index (κ2) is 5.21. The van der Waals surface area contributed by atoms with Crippen molar-refractivity contribution >= 4 is 21.8 Å². The maximum Gasteiger partial charge on any atom is 0.241 e. The molecule has 5 heteroatoms. The molecule has 1 aromatic rings. The summed E-state index contributed by atoms with van der Waals surface area (Å²) in [7, 11) is 0. The van der Waals surface area contributed by atoms with E-state index < -0.39 is 0 Å². The van der Waals surface area contributed by atoms with Gasteiger partial charge in [0.2, 0.25) is 5.91 Å². The third-order valence-electron chi connectivity index (χ3n) is 3.31. The molecular formula is C12H18BrN3O. The summed E-state index contributed by atoms with van der Waals surface area (Å²) in [5.41, 5.74) is 1.93. The normalized spacial score (nSPS) is 16.4. The fourth-order valence-corrected chi connectivity index (χ4v) is 2.59. The molecular weight excluding hydrogens is 282 g/mol. The van der Waals surface area contributed by atoms with Crippen LogP contribution in [0.25, 0.3) is 0 Å². The molecule has 0 unspecified atom stereocenters. The second-order valence-electron chi connectivity index (χ2n) is 4.69. The number of halogens is 1. The van der Waals surface area contributed by atoms with Gasteiger partial charge in [-0.3, -0.25) is 9.48 Å². The highest BCUT2D eigenvalue weighted by Crippen LogP contribution is 2.20. The van der Waals surface area contributed by atoms with Crippen LogP contribution in [0.4, 0.5) is 0 Å². The van der Waals surface area contributed by atoms with Gasteiger partial charge in [-0.1, -0.05) is 12.8 Å². The van der Waals surface area contributed by atoms with E-state index >= 15 is 0 Å². The van der Waals surface area contributed by atoms with Crippen molar-refractivity contribution in [1.82, 2.24) is 15.1 Å². The summed E-state index contributed by atoms with van der Waals surface area (Å²) >= 11 is 3.46. The Balaban J connectivity index is 1.95. The molecule has 1 heterocycles. The number of hydrogen-bond acceptors (Lipinski definition) is 2. The van der Waals surface area contributed by atoms with Crippen molar-refractivity contribution in [3.05, 3.63) is 15.9 Å². The largest absolute Gasteiger partial charge is 0.352 e. The number of aryl methyl sites for hydroxylation is 1. The molecule has 0 radical (unpaired) electrons. The molecule has 0 aliphatic heterocycles. The van der Waals surface area contributed by atoms with Crippen LogP contribution in [0.3, 0.4) is 0 Å². The molecule has 1 aliphatic rings. The molecule has 0 aromatic carbocycles. The monoisotopic (exact) mass is 299 g/mol. The summed E-state index contributed by atoms with van der Waals surface area (Å²) in [6, 6.07) is 0.378. The van der Waals surface area contributed by atoms with Crippen LogP contribution in [0, 0.1) is 13.8 Å². The van der Waals surface area contributed by atoms with Gasteiger partial charge in [0, 0.05) is 6.04 Å². The first-order valence-electron chi connectivity index (χ1n) is 6.07. The summed E-state index contributed by atoms with van der Waals surface area (Å²) in [5.74, 6) is 0.0648. The second-order valence-corrected chi connectivity index (χ2v) is 5.48. The van der Waals surface area contributed by atoms with Crippen molar-refractivity contribution < 1.29 is 4.79 Å². The van der Waals surface area contributed by atoms with Gasteiger partial charge in [0.05, 0.1) is 15.9 Å². The zero-order valence-corrected chi connectivity index (χ0v) is 11.9. The molecule has 1 N–H and O–H groups in total. The molecule has 0 spiro atoms. The lowest BCUT2D eigenvalue weighted by molar-refractivity contribution is -0.122. The van der Waals surface area contributed by atoms with Gasteiger partial charge in [-0.15, -0.1) is 0 Å². The number of amides is 1. The number of aromatic nitrogens is 2. The van der Waals surface area contributed by atoms with Gasteiger partial charge in [-0.05, 0) is 42.6 Å². The molecule has 1 fully saturated rings. The van der Waals surface area contributed by atoms with Crippen molar-refractivity contribution in [1.29, 1.82) is 0 Å². The van der Waals surface area contributed by atoms with Crippen LogP contribution in [0.15, 0.2) is 4.47 Å². The summed E-state index contributed by atoms with van der Waals surface area (Å²) in [6.45, 7) is 4.21. The summed E-state index contributed by atoms with van der Waals surface area (Å²) in [6.07, 6.45) is 4.70. The SMILES string of the molecule is Cc1nn(CC(=O)NC2CCCC2)c(C)c1Br. The molecule has 94 valence electrons. The Labute approximate surface area is 110 Å². The van der Waals surface area contributed by atoms with Crippen molar-refractivity contribution in [3.63, 3.8) is 0 Å². The lowest BCUT2D eigenvalue weighted by Crippen LogP contribution is -2.35. The van der Waals surface area contributed by atoms with Crippen LogP contribution in [0.1, 0.15) is 37.1 Å². The van der Waals surface area contributed by atoms with E-state index in [1.807, 2.05) is 13.8 Å². The Morgan fingerprint density at radius 2 is 2.12 bits per heavy atom. The van der Waals surface area contributed by atoms with Crippen LogP contribution in [0.5, 0.6) is 0 Å². The number of nitrogens with one attached hydrogen (secondary N) is 1. The lowest BCUT2D eigenvalue weighted by Gasteiger charge is -2.12. The number of rotatable bonds is 3. The van der Waals surface area contributed by atoms with Gasteiger partial charge in [-0.2, -0.15) is 5.10 Å². The predicted octanol–water partition coefficient (Wildman–Crippen LogP) is 2.32. The zero-order valence-electron chi connectivity index (χ0n) is 10.3. The van der Waals surface area contributed by atoms with E-state index in [4.69, 9.17) is 0 Å². The van der Waals surface area contributed by atoms with Crippen LogP contribution >= 0.6 is 15.9 Å². The van der Waals surface area contributed by atoms with Crippen molar-refractivity contribution in [2.45, 2.75) is 52.1 Å². The standard InChI is InChI=1S/C12H18BrN3O/c1-8-12(13)9(2)16(15-8)7-11(17)14-10-5-3-4-6-10/h10H,3-7H2,1-2H3,(H,14,17). The Hall–Kier alpha value is -0.840. The van der Waals surface area contributed by atoms with Crippen LogP contribution in [-0.2, 0) is 11.3 Å². The quantitative estimate of drug-likeness (QED) is 0.931.